The fraction of sp³-hybridized carbons (Fsp3) is 0.435. The Morgan fingerprint density at radius 2 is 1.78 bits per heavy atom. The molecule has 0 fully saturated rings. The molecule has 32 heavy (non-hydrogen) atoms. The molecule has 7 nitrogen and oxygen atoms in total. The highest BCUT2D eigenvalue weighted by Gasteiger charge is 2.32. The van der Waals surface area contributed by atoms with Crippen molar-refractivity contribution < 1.29 is 31.4 Å². The zero-order valence-corrected chi connectivity index (χ0v) is 20.2. The van der Waals surface area contributed by atoms with Crippen molar-refractivity contribution in [2.24, 2.45) is 5.92 Å². The van der Waals surface area contributed by atoms with E-state index < -0.39 is 42.7 Å². The molecule has 0 amide bonds. The van der Waals surface area contributed by atoms with Crippen molar-refractivity contribution in [2.45, 2.75) is 44.2 Å². The molecule has 174 valence electrons. The highest BCUT2D eigenvalue weighted by atomic mass is 32.2. The molecule has 0 saturated carbocycles. The first-order chi connectivity index (χ1) is 15.3. The minimum absolute atomic E-state index is 0.108. The van der Waals surface area contributed by atoms with E-state index in [4.69, 9.17) is 13.7 Å². The number of hydrogen-bond donors (Lipinski definition) is 0. The highest BCUT2D eigenvalue weighted by Crippen LogP contribution is 2.30. The number of esters is 1. The summed E-state index contributed by atoms with van der Waals surface area (Å²) in [6, 6.07) is 14.2. The summed E-state index contributed by atoms with van der Waals surface area (Å²) in [5.41, 5.74) is 0.970. The average Bonchev–Trinajstić information content (AvgIpc) is 2.77. The van der Waals surface area contributed by atoms with Crippen LogP contribution in [-0.4, -0.2) is 39.9 Å². The van der Waals surface area contributed by atoms with E-state index in [1.54, 1.807) is 26.0 Å². The summed E-state index contributed by atoms with van der Waals surface area (Å²) < 4.78 is 53.4. The average molecular weight is 481 g/mol. The number of rotatable bonds is 13. The molecule has 0 aliphatic carbocycles. The van der Waals surface area contributed by atoms with Gasteiger partial charge >= 0.3 is 16.1 Å². The Balaban J connectivity index is 2.18. The number of ether oxygens (including phenoxy) is 2. The van der Waals surface area contributed by atoms with Gasteiger partial charge in [0.25, 0.3) is 0 Å². The highest BCUT2D eigenvalue weighted by molar-refractivity contribution is 7.86. The van der Waals surface area contributed by atoms with Crippen LogP contribution in [0.3, 0.4) is 0 Å². The minimum Gasteiger partial charge on any atom is -0.492 e. The van der Waals surface area contributed by atoms with Crippen LogP contribution in [0, 0.1) is 12.8 Å². The molecule has 2 atom stereocenters. The van der Waals surface area contributed by atoms with Crippen LogP contribution in [0.2, 0.25) is 0 Å². The molecule has 0 radical (unpaired) electrons. The van der Waals surface area contributed by atoms with Crippen molar-refractivity contribution in [3.63, 3.8) is 0 Å². The van der Waals surface area contributed by atoms with Crippen LogP contribution in [0.25, 0.3) is 0 Å². The summed E-state index contributed by atoms with van der Waals surface area (Å²) >= 11 is 0. The number of carbonyl (C=O) groups is 1. The van der Waals surface area contributed by atoms with Crippen molar-refractivity contribution in [1.82, 2.24) is 0 Å². The van der Waals surface area contributed by atoms with Gasteiger partial charge in [0.15, 0.2) is 8.46 Å². The topological polar surface area (TPSA) is 96.0 Å². The Hall–Kier alpha value is -2.28. The van der Waals surface area contributed by atoms with Gasteiger partial charge in [-0.15, -0.1) is 0 Å². The number of hydrogen-bond acceptors (Lipinski definition) is 7. The van der Waals surface area contributed by atoms with Gasteiger partial charge in [0, 0.05) is 0 Å². The summed E-state index contributed by atoms with van der Waals surface area (Å²) in [5, 5.41) is 0. The molecule has 0 spiro atoms. The first-order valence-electron chi connectivity index (χ1n) is 10.5. The van der Waals surface area contributed by atoms with Gasteiger partial charge in [-0.1, -0.05) is 36.4 Å². The van der Waals surface area contributed by atoms with Crippen LogP contribution in [0.5, 0.6) is 5.75 Å². The van der Waals surface area contributed by atoms with Gasteiger partial charge in [0.2, 0.25) is 0 Å². The Labute approximate surface area is 191 Å². The largest absolute Gasteiger partial charge is 0.492 e. The van der Waals surface area contributed by atoms with Crippen LogP contribution < -0.4 is 4.74 Å². The lowest BCUT2D eigenvalue weighted by Gasteiger charge is -2.21. The zero-order chi connectivity index (χ0) is 23.6. The van der Waals surface area contributed by atoms with E-state index in [1.165, 1.54) is 6.07 Å². The van der Waals surface area contributed by atoms with Crippen molar-refractivity contribution in [1.29, 1.82) is 0 Å². The molecular weight excluding hydrogens is 451 g/mol. The molecule has 0 aromatic heterocycles. The lowest BCUT2D eigenvalue weighted by atomic mass is 9.96. The predicted octanol–water partition coefficient (Wildman–Crippen LogP) is 4.57. The van der Waals surface area contributed by atoms with Crippen LogP contribution in [0.15, 0.2) is 53.4 Å². The lowest BCUT2D eigenvalue weighted by molar-refractivity contribution is -0.148. The minimum atomic E-state index is -4.19. The second-order valence-corrected chi connectivity index (χ2v) is 9.64. The maximum Gasteiger partial charge on any atom is 0.310 e. The van der Waals surface area contributed by atoms with Crippen molar-refractivity contribution in [3.05, 3.63) is 59.7 Å². The van der Waals surface area contributed by atoms with E-state index in [0.29, 0.717) is 12.8 Å². The first kappa shape index (κ1) is 26.0. The van der Waals surface area contributed by atoms with Gasteiger partial charge in [0.1, 0.15) is 10.6 Å². The molecule has 0 saturated heterocycles. The zero-order valence-electron chi connectivity index (χ0n) is 18.5. The monoisotopic (exact) mass is 480 g/mol. The maximum absolute atomic E-state index is 12.8. The van der Waals surface area contributed by atoms with Gasteiger partial charge in [0.05, 0.1) is 31.4 Å². The first-order valence-corrected chi connectivity index (χ1v) is 12.8. The van der Waals surface area contributed by atoms with Crippen molar-refractivity contribution in [3.8, 4) is 5.75 Å². The van der Waals surface area contributed by atoms with E-state index in [9.17, 15) is 17.8 Å². The molecule has 2 rings (SSSR count). The number of carbonyl (C=O) groups excluding carboxylic acids is 1. The third kappa shape index (κ3) is 7.40. The Morgan fingerprint density at radius 3 is 2.41 bits per heavy atom. The summed E-state index contributed by atoms with van der Waals surface area (Å²) in [6.07, 6.45) is 0.899. The fourth-order valence-electron chi connectivity index (χ4n) is 3.22. The molecule has 9 heteroatoms. The maximum atomic E-state index is 12.8. The molecular formula is C23H29O7PS. The van der Waals surface area contributed by atoms with E-state index in [1.807, 2.05) is 37.3 Å². The summed E-state index contributed by atoms with van der Waals surface area (Å²) in [4.78, 5) is 12.4. The number of benzene rings is 2. The van der Waals surface area contributed by atoms with Gasteiger partial charge < -0.3 is 9.47 Å². The molecule has 2 unspecified atom stereocenters. The van der Waals surface area contributed by atoms with E-state index >= 15 is 0 Å². The lowest BCUT2D eigenvalue weighted by Crippen LogP contribution is -2.31. The summed E-state index contributed by atoms with van der Waals surface area (Å²) in [6.45, 7) is 5.29. The van der Waals surface area contributed by atoms with E-state index in [-0.39, 0.29) is 23.9 Å². The Bertz CT molecular complexity index is 993. The molecule has 0 N–H and O–H groups in total. The SMILES string of the molecule is CCOC(=O)C(CCc1ccccc1)C(COS(=O)(=O)c1ccc(C)cc1OCC)P=O. The second kappa shape index (κ2) is 12.7. The fourth-order valence-corrected chi connectivity index (χ4v) is 4.92. The second-order valence-electron chi connectivity index (χ2n) is 7.18. The van der Waals surface area contributed by atoms with Gasteiger partial charge in [-0.25, -0.2) is 0 Å². The molecule has 0 aliphatic heterocycles. The molecule has 2 aromatic rings. The molecule has 2 aromatic carbocycles. The Kier molecular flexibility index (Phi) is 10.3. The van der Waals surface area contributed by atoms with E-state index in [0.717, 1.165) is 11.1 Å². The molecule has 0 aliphatic rings. The van der Waals surface area contributed by atoms with E-state index in [2.05, 4.69) is 0 Å². The summed E-state index contributed by atoms with van der Waals surface area (Å²) in [5.74, 6) is -1.12. The molecule has 0 heterocycles. The van der Waals surface area contributed by atoms with Crippen molar-refractivity contribution >= 4 is 24.5 Å². The van der Waals surface area contributed by atoms with Gasteiger partial charge in [-0.2, -0.15) is 8.42 Å². The standard InChI is InChI=1S/C23H29O7PS/c1-4-28-20-15-17(3)11-14-22(20)32(26,27)30-16-21(31-25)19(23(24)29-5-2)13-12-18-9-7-6-8-10-18/h6-11,14-15,19,21H,4-5,12-13,16H2,1-3H3. The van der Waals surface area contributed by atoms with Crippen LogP contribution >= 0.6 is 8.46 Å². The third-order valence-electron chi connectivity index (χ3n) is 4.84. The van der Waals surface area contributed by atoms with Crippen LogP contribution in [0.1, 0.15) is 31.4 Å². The van der Waals surface area contributed by atoms with Crippen molar-refractivity contribution in [2.75, 3.05) is 19.8 Å². The van der Waals surface area contributed by atoms with Gasteiger partial charge in [-0.3, -0.25) is 13.5 Å². The third-order valence-corrected chi connectivity index (χ3v) is 6.94. The summed E-state index contributed by atoms with van der Waals surface area (Å²) in [7, 11) is -4.59. The van der Waals surface area contributed by atoms with Gasteiger partial charge in [-0.05, 0) is 56.9 Å². The molecule has 0 bridgehead atoms. The predicted molar refractivity (Wildman–Crippen MR) is 122 cm³/mol. The van der Waals surface area contributed by atoms with Crippen LogP contribution in [0.4, 0.5) is 0 Å². The van der Waals surface area contributed by atoms with Crippen LogP contribution in [-0.2, 0) is 34.8 Å². The quantitative estimate of drug-likeness (QED) is 0.235. The normalized spacial score (nSPS) is 13.5. The number of aryl methyl sites for hydroxylation is 2. The Morgan fingerprint density at radius 1 is 1.06 bits per heavy atom. The smallest absolute Gasteiger partial charge is 0.310 e.